The first-order chi connectivity index (χ1) is 11.3. The maximum atomic E-state index is 12.9. The van der Waals surface area contributed by atoms with E-state index >= 15 is 0 Å². The Morgan fingerprint density at radius 1 is 1.17 bits per heavy atom. The van der Waals surface area contributed by atoms with Gasteiger partial charge in [-0.05, 0) is 31.2 Å². The number of carbonyl (C=O) groups is 2. The van der Waals surface area contributed by atoms with Gasteiger partial charge in [0.1, 0.15) is 6.54 Å². The molecule has 1 aromatic heterocycles. The molecule has 1 heterocycles. The standard InChI is InChI=1S/C16H15F3N2O3/c1-2-21(15(23)13-8-5-9-24-13)10-14(22)20-12-7-4-3-6-11(12)16(17,18)19/h3-9H,2,10H2,1H3,(H,20,22). The highest BCUT2D eigenvalue weighted by atomic mass is 19.4. The molecule has 0 saturated heterocycles. The van der Waals surface area contributed by atoms with Crippen LogP contribution >= 0.6 is 0 Å². The van der Waals surface area contributed by atoms with E-state index in [1.807, 2.05) is 0 Å². The average molecular weight is 340 g/mol. The molecule has 2 aromatic rings. The molecule has 5 nitrogen and oxygen atoms in total. The predicted octanol–water partition coefficient (Wildman–Crippen LogP) is 3.40. The molecule has 0 aliphatic rings. The summed E-state index contributed by atoms with van der Waals surface area (Å²) in [6, 6.07) is 7.63. The number of furan rings is 1. The molecule has 24 heavy (non-hydrogen) atoms. The van der Waals surface area contributed by atoms with Crippen molar-refractivity contribution in [2.45, 2.75) is 13.1 Å². The third kappa shape index (κ3) is 4.15. The number of anilines is 1. The smallest absolute Gasteiger partial charge is 0.418 e. The van der Waals surface area contributed by atoms with Crippen molar-refractivity contribution < 1.29 is 27.2 Å². The van der Waals surface area contributed by atoms with Crippen LogP contribution in [0.25, 0.3) is 0 Å². The van der Waals surface area contributed by atoms with Gasteiger partial charge in [0.2, 0.25) is 5.91 Å². The summed E-state index contributed by atoms with van der Waals surface area (Å²) >= 11 is 0. The molecule has 0 aliphatic carbocycles. The number of nitrogens with zero attached hydrogens (tertiary/aromatic N) is 1. The lowest BCUT2D eigenvalue weighted by molar-refractivity contribution is -0.137. The lowest BCUT2D eigenvalue weighted by Gasteiger charge is -2.20. The van der Waals surface area contributed by atoms with Gasteiger partial charge < -0.3 is 14.6 Å². The van der Waals surface area contributed by atoms with Gasteiger partial charge in [-0.1, -0.05) is 12.1 Å². The van der Waals surface area contributed by atoms with Crippen molar-refractivity contribution in [2.75, 3.05) is 18.4 Å². The van der Waals surface area contributed by atoms with Crippen LogP contribution in [0.4, 0.5) is 18.9 Å². The van der Waals surface area contributed by atoms with Crippen molar-refractivity contribution in [1.82, 2.24) is 4.90 Å². The number of alkyl halides is 3. The quantitative estimate of drug-likeness (QED) is 0.907. The molecule has 128 valence electrons. The van der Waals surface area contributed by atoms with E-state index in [1.165, 1.54) is 35.4 Å². The second-order valence-corrected chi connectivity index (χ2v) is 4.89. The zero-order valence-electron chi connectivity index (χ0n) is 12.8. The molecule has 0 fully saturated rings. The molecule has 2 rings (SSSR count). The summed E-state index contributed by atoms with van der Waals surface area (Å²) in [5, 5.41) is 2.20. The Balaban J connectivity index is 2.09. The predicted molar refractivity (Wildman–Crippen MR) is 80.4 cm³/mol. The van der Waals surface area contributed by atoms with E-state index in [1.54, 1.807) is 6.92 Å². The third-order valence-electron chi connectivity index (χ3n) is 3.24. The zero-order valence-corrected chi connectivity index (χ0v) is 12.8. The van der Waals surface area contributed by atoms with Gasteiger partial charge >= 0.3 is 6.18 Å². The molecule has 0 radical (unpaired) electrons. The first-order valence-corrected chi connectivity index (χ1v) is 7.11. The van der Waals surface area contributed by atoms with E-state index in [0.717, 1.165) is 12.1 Å². The first-order valence-electron chi connectivity index (χ1n) is 7.11. The van der Waals surface area contributed by atoms with E-state index in [0.29, 0.717) is 0 Å². The van der Waals surface area contributed by atoms with Gasteiger partial charge in [0, 0.05) is 6.54 Å². The van der Waals surface area contributed by atoms with E-state index in [4.69, 9.17) is 4.42 Å². The number of amides is 2. The Bertz CT molecular complexity index is 712. The van der Waals surface area contributed by atoms with Gasteiger partial charge in [-0.15, -0.1) is 0 Å². The highest BCUT2D eigenvalue weighted by molar-refractivity contribution is 5.98. The number of hydrogen-bond acceptors (Lipinski definition) is 3. The second-order valence-electron chi connectivity index (χ2n) is 4.89. The molecule has 2 amide bonds. The summed E-state index contributed by atoms with van der Waals surface area (Å²) in [5.74, 6) is -1.18. The van der Waals surface area contributed by atoms with Gasteiger partial charge in [-0.2, -0.15) is 13.2 Å². The van der Waals surface area contributed by atoms with Crippen LogP contribution in [0.2, 0.25) is 0 Å². The van der Waals surface area contributed by atoms with Crippen molar-refractivity contribution in [3.8, 4) is 0 Å². The number of rotatable bonds is 5. The fourth-order valence-electron chi connectivity index (χ4n) is 2.09. The highest BCUT2D eigenvalue weighted by Gasteiger charge is 2.33. The highest BCUT2D eigenvalue weighted by Crippen LogP contribution is 2.34. The third-order valence-corrected chi connectivity index (χ3v) is 3.24. The van der Waals surface area contributed by atoms with Crippen LogP contribution in [0.3, 0.4) is 0 Å². The maximum Gasteiger partial charge on any atom is 0.418 e. The summed E-state index contributed by atoms with van der Waals surface area (Å²) in [7, 11) is 0. The van der Waals surface area contributed by atoms with Crippen molar-refractivity contribution in [3.05, 3.63) is 54.0 Å². The molecule has 1 aromatic carbocycles. The van der Waals surface area contributed by atoms with Gasteiger partial charge in [0.15, 0.2) is 5.76 Å². The molecule has 0 saturated carbocycles. The molecular weight excluding hydrogens is 325 g/mol. The van der Waals surface area contributed by atoms with Crippen LogP contribution in [-0.2, 0) is 11.0 Å². The molecule has 0 bridgehead atoms. The van der Waals surface area contributed by atoms with Crippen LogP contribution in [0.15, 0.2) is 47.1 Å². The Kier molecular flexibility index (Phi) is 5.28. The minimum absolute atomic E-state index is 0.0559. The summed E-state index contributed by atoms with van der Waals surface area (Å²) in [6.07, 6.45) is -3.26. The van der Waals surface area contributed by atoms with E-state index in [9.17, 15) is 22.8 Å². The Morgan fingerprint density at radius 3 is 2.46 bits per heavy atom. The van der Waals surface area contributed by atoms with Gasteiger partial charge in [-0.25, -0.2) is 0 Å². The zero-order chi connectivity index (χ0) is 17.7. The van der Waals surface area contributed by atoms with Crippen molar-refractivity contribution in [3.63, 3.8) is 0 Å². The lowest BCUT2D eigenvalue weighted by Crippen LogP contribution is -2.38. The average Bonchev–Trinajstić information content (AvgIpc) is 3.06. The summed E-state index contributed by atoms with van der Waals surface area (Å²) in [6.45, 7) is 1.47. The molecule has 0 aliphatic heterocycles. The normalized spacial score (nSPS) is 11.2. The monoisotopic (exact) mass is 340 g/mol. The number of halogens is 3. The van der Waals surface area contributed by atoms with Gasteiger partial charge in [0.25, 0.3) is 5.91 Å². The molecule has 0 unspecified atom stereocenters. The number of carbonyl (C=O) groups excluding carboxylic acids is 2. The molecule has 8 heteroatoms. The van der Waals surface area contributed by atoms with E-state index in [2.05, 4.69) is 5.32 Å². The molecule has 0 atom stereocenters. The summed E-state index contributed by atoms with van der Waals surface area (Å²) in [4.78, 5) is 25.3. The van der Waals surface area contributed by atoms with Crippen LogP contribution in [0, 0.1) is 0 Å². The summed E-state index contributed by atoms with van der Waals surface area (Å²) in [5.41, 5.74) is -1.30. The largest absolute Gasteiger partial charge is 0.459 e. The van der Waals surface area contributed by atoms with Crippen molar-refractivity contribution >= 4 is 17.5 Å². The van der Waals surface area contributed by atoms with Crippen molar-refractivity contribution in [2.24, 2.45) is 0 Å². The number of benzene rings is 1. The topological polar surface area (TPSA) is 62.6 Å². The van der Waals surface area contributed by atoms with Crippen LogP contribution in [0.5, 0.6) is 0 Å². The van der Waals surface area contributed by atoms with E-state index < -0.39 is 23.6 Å². The Morgan fingerprint density at radius 2 is 1.88 bits per heavy atom. The number of nitrogens with one attached hydrogen (secondary N) is 1. The van der Waals surface area contributed by atoms with Crippen LogP contribution in [0.1, 0.15) is 23.0 Å². The lowest BCUT2D eigenvalue weighted by atomic mass is 10.1. The SMILES string of the molecule is CCN(CC(=O)Nc1ccccc1C(F)(F)F)C(=O)c1ccco1. The van der Waals surface area contributed by atoms with Crippen LogP contribution < -0.4 is 5.32 Å². The van der Waals surface area contributed by atoms with Crippen LogP contribution in [-0.4, -0.2) is 29.8 Å². The molecule has 1 N–H and O–H groups in total. The fourth-order valence-corrected chi connectivity index (χ4v) is 2.09. The maximum absolute atomic E-state index is 12.9. The van der Waals surface area contributed by atoms with Crippen molar-refractivity contribution in [1.29, 1.82) is 0 Å². The van der Waals surface area contributed by atoms with Gasteiger partial charge in [-0.3, -0.25) is 9.59 Å². The van der Waals surface area contributed by atoms with Gasteiger partial charge in [0.05, 0.1) is 17.5 Å². The number of likely N-dealkylation sites (N-methyl/N-ethyl adjacent to an activating group) is 1. The second kappa shape index (κ2) is 7.20. The Hall–Kier alpha value is -2.77. The fraction of sp³-hybridized carbons (Fsp3) is 0.250. The number of hydrogen-bond donors (Lipinski definition) is 1. The number of para-hydroxylation sites is 1. The summed E-state index contributed by atoms with van der Waals surface area (Å²) < 4.78 is 43.7. The first kappa shape index (κ1) is 17.6. The molecule has 0 spiro atoms. The minimum Gasteiger partial charge on any atom is -0.459 e. The Labute approximate surface area is 136 Å². The van der Waals surface area contributed by atoms with E-state index in [-0.39, 0.29) is 24.5 Å². The molecular formula is C16H15F3N2O3. The minimum atomic E-state index is -4.59.